The molecule has 0 radical (unpaired) electrons. The Kier molecular flexibility index (Phi) is 5.84. The lowest BCUT2D eigenvalue weighted by Crippen LogP contribution is -2.33. The molecule has 1 heterocycles. The molecule has 0 amide bonds. The Labute approximate surface area is 130 Å². The third-order valence-corrected chi connectivity index (χ3v) is 4.67. The molecule has 6 nitrogen and oxygen atoms in total. The van der Waals surface area contributed by atoms with Gasteiger partial charge in [-0.3, -0.25) is 4.98 Å². The molecular formula is C15H21N3O3S. The number of pyridine rings is 1. The van der Waals surface area contributed by atoms with Crippen molar-refractivity contribution in [2.75, 3.05) is 33.4 Å². The van der Waals surface area contributed by atoms with Crippen LogP contribution in [0.25, 0.3) is 10.9 Å². The summed E-state index contributed by atoms with van der Waals surface area (Å²) >= 11 is 0. The summed E-state index contributed by atoms with van der Waals surface area (Å²) in [5, 5.41) is 3.91. The Bertz CT molecular complexity index is 732. The lowest BCUT2D eigenvalue weighted by Gasteiger charge is -2.10. The van der Waals surface area contributed by atoms with Crippen LogP contribution in [0.15, 0.2) is 35.4 Å². The molecule has 2 rings (SSSR count). The van der Waals surface area contributed by atoms with Gasteiger partial charge in [0.15, 0.2) is 0 Å². The second-order valence-corrected chi connectivity index (χ2v) is 6.72. The lowest BCUT2D eigenvalue weighted by atomic mass is 10.2. The van der Waals surface area contributed by atoms with Gasteiger partial charge in [-0.2, -0.15) is 0 Å². The molecule has 0 atom stereocenters. The number of methoxy groups -OCH3 is 1. The minimum Gasteiger partial charge on any atom is -0.383 e. The summed E-state index contributed by atoms with van der Waals surface area (Å²) in [6.07, 6.45) is 1.67. The van der Waals surface area contributed by atoms with Crippen molar-refractivity contribution < 1.29 is 13.2 Å². The topological polar surface area (TPSA) is 80.3 Å². The highest BCUT2D eigenvalue weighted by Crippen LogP contribution is 2.21. The van der Waals surface area contributed by atoms with E-state index >= 15 is 0 Å². The lowest BCUT2D eigenvalue weighted by molar-refractivity contribution is 0.199. The quantitative estimate of drug-likeness (QED) is 0.710. The summed E-state index contributed by atoms with van der Waals surface area (Å²) in [6.45, 7) is 4.07. The zero-order valence-corrected chi connectivity index (χ0v) is 13.6. The highest BCUT2D eigenvalue weighted by atomic mass is 32.2. The van der Waals surface area contributed by atoms with Crippen LogP contribution < -0.4 is 10.0 Å². The molecule has 0 aliphatic carbocycles. The summed E-state index contributed by atoms with van der Waals surface area (Å²) < 4.78 is 32.3. The Balaban J connectivity index is 2.09. The van der Waals surface area contributed by atoms with Crippen LogP contribution in [0, 0.1) is 6.92 Å². The highest BCUT2D eigenvalue weighted by molar-refractivity contribution is 7.89. The Hall–Kier alpha value is -1.54. The van der Waals surface area contributed by atoms with E-state index in [-0.39, 0.29) is 4.90 Å². The highest BCUT2D eigenvalue weighted by Gasteiger charge is 2.17. The van der Waals surface area contributed by atoms with Gasteiger partial charge in [-0.1, -0.05) is 12.1 Å². The summed E-state index contributed by atoms with van der Waals surface area (Å²) in [7, 11) is -1.95. The largest absolute Gasteiger partial charge is 0.383 e. The van der Waals surface area contributed by atoms with Crippen LogP contribution in [-0.4, -0.2) is 46.8 Å². The van der Waals surface area contributed by atoms with Gasteiger partial charge in [0.05, 0.1) is 12.1 Å². The van der Waals surface area contributed by atoms with E-state index in [4.69, 9.17) is 4.74 Å². The number of rotatable bonds is 8. The monoisotopic (exact) mass is 323 g/mol. The first-order valence-corrected chi connectivity index (χ1v) is 8.57. The van der Waals surface area contributed by atoms with Crippen molar-refractivity contribution in [2.45, 2.75) is 11.8 Å². The molecule has 120 valence electrons. The average molecular weight is 323 g/mol. The van der Waals surface area contributed by atoms with Gasteiger partial charge in [-0.15, -0.1) is 0 Å². The summed E-state index contributed by atoms with van der Waals surface area (Å²) in [5.74, 6) is 0. The summed E-state index contributed by atoms with van der Waals surface area (Å²) in [5.41, 5.74) is 1.49. The second-order valence-electron chi connectivity index (χ2n) is 4.98. The van der Waals surface area contributed by atoms with E-state index in [1.54, 1.807) is 25.4 Å². The van der Waals surface area contributed by atoms with Crippen LogP contribution in [0.3, 0.4) is 0 Å². The molecule has 0 fully saturated rings. The fourth-order valence-electron chi connectivity index (χ4n) is 2.11. The first-order valence-electron chi connectivity index (χ1n) is 7.09. The maximum atomic E-state index is 12.4. The maximum Gasteiger partial charge on any atom is 0.242 e. The number of ether oxygens (including phenoxy) is 1. The van der Waals surface area contributed by atoms with Gasteiger partial charge in [0.25, 0.3) is 0 Å². The molecule has 0 aliphatic rings. The van der Waals surface area contributed by atoms with E-state index in [0.717, 1.165) is 10.9 Å². The van der Waals surface area contributed by atoms with Crippen LogP contribution >= 0.6 is 0 Å². The van der Waals surface area contributed by atoms with E-state index in [0.29, 0.717) is 31.8 Å². The van der Waals surface area contributed by atoms with Gasteiger partial charge >= 0.3 is 0 Å². The van der Waals surface area contributed by atoms with Gasteiger partial charge in [0.1, 0.15) is 4.90 Å². The molecule has 22 heavy (non-hydrogen) atoms. The molecule has 0 saturated carbocycles. The molecule has 1 aromatic heterocycles. The molecule has 1 aromatic carbocycles. The van der Waals surface area contributed by atoms with Gasteiger partial charge in [-0.05, 0) is 24.6 Å². The molecule has 0 aliphatic heterocycles. The van der Waals surface area contributed by atoms with E-state index in [2.05, 4.69) is 15.0 Å². The van der Waals surface area contributed by atoms with Crippen molar-refractivity contribution >= 4 is 20.9 Å². The first-order chi connectivity index (χ1) is 10.5. The number of nitrogens with zero attached hydrogens (tertiary/aromatic N) is 1. The van der Waals surface area contributed by atoms with Crippen molar-refractivity contribution in [3.05, 3.63) is 36.0 Å². The minimum absolute atomic E-state index is 0.210. The number of nitrogens with one attached hydrogen (secondary N) is 2. The number of hydrogen-bond acceptors (Lipinski definition) is 5. The number of aromatic nitrogens is 1. The molecule has 0 saturated heterocycles. The zero-order chi connectivity index (χ0) is 16.0. The van der Waals surface area contributed by atoms with Crippen molar-refractivity contribution in [1.82, 2.24) is 15.0 Å². The number of para-hydroxylation sites is 1. The van der Waals surface area contributed by atoms with Gasteiger partial charge in [-0.25, -0.2) is 13.1 Å². The standard InChI is InChI=1S/C15H21N3O3S/c1-12-10-13-4-3-5-14(15(13)17-11-12)22(19,20)18-7-6-16-8-9-21-2/h3-5,10-11,16,18H,6-9H2,1-2H3. The molecule has 0 unspecified atom stereocenters. The number of aryl methyl sites for hydroxylation is 1. The van der Waals surface area contributed by atoms with Crippen LogP contribution in [0.2, 0.25) is 0 Å². The predicted molar refractivity (Wildman–Crippen MR) is 86.4 cm³/mol. The van der Waals surface area contributed by atoms with E-state index in [1.807, 2.05) is 19.1 Å². The third-order valence-electron chi connectivity index (χ3n) is 3.18. The number of benzene rings is 1. The number of fused-ring (bicyclic) bond motifs is 1. The molecule has 7 heteroatoms. The Morgan fingerprint density at radius 1 is 1.23 bits per heavy atom. The molecule has 2 aromatic rings. The second kappa shape index (κ2) is 7.64. The third kappa shape index (κ3) is 4.23. The van der Waals surface area contributed by atoms with Crippen molar-refractivity contribution in [2.24, 2.45) is 0 Å². The van der Waals surface area contributed by atoms with Gasteiger partial charge < -0.3 is 10.1 Å². The Morgan fingerprint density at radius 2 is 2.05 bits per heavy atom. The summed E-state index contributed by atoms with van der Waals surface area (Å²) in [4.78, 5) is 4.47. The number of sulfonamides is 1. The van der Waals surface area contributed by atoms with Crippen molar-refractivity contribution in [1.29, 1.82) is 0 Å². The Morgan fingerprint density at radius 3 is 2.82 bits per heavy atom. The molecule has 2 N–H and O–H groups in total. The van der Waals surface area contributed by atoms with Crippen molar-refractivity contribution in [3.8, 4) is 0 Å². The average Bonchev–Trinajstić information content (AvgIpc) is 2.49. The van der Waals surface area contributed by atoms with E-state index < -0.39 is 10.0 Å². The SMILES string of the molecule is COCCNCCNS(=O)(=O)c1cccc2cc(C)cnc12. The minimum atomic E-state index is -3.58. The van der Waals surface area contributed by atoms with Gasteiger partial charge in [0, 0.05) is 38.3 Å². The summed E-state index contributed by atoms with van der Waals surface area (Å²) in [6, 6.07) is 7.09. The smallest absolute Gasteiger partial charge is 0.242 e. The van der Waals surface area contributed by atoms with Crippen LogP contribution in [-0.2, 0) is 14.8 Å². The van der Waals surface area contributed by atoms with Crippen LogP contribution in [0.1, 0.15) is 5.56 Å². The maximum absolute atomic E-state index is 12.4. The fourth-order valence-corrected chi connectivity index (χ4v) is 3.32. The number of hydrogen-bond donors (Lipinski definition) is 2. The van der Waals surface area contributed by atoms with E-state index in [1.165, 1.54) is 0 Å². The first kappa shape index (κ1) is 16.8. The predicted octanol–water partition coefficient (Wildman–Crippen LogP) is 1.06. The van der Waals surface area contributed by atoms with Crippen LogP contribution in [0.4, 0.5) is 0 Å². The molecular weight excluding hydrogens is 302 g/mol. The van der Waals surface area contributed by atoms with Gasteiger partial charge in [0.2, 0.25) is 10.0 Å². The zero-order valence-electron chi connectivity index (χ0n) is 12.8. The molecule has 0 bridgehead atoms. The fraction of sp³-hybridized carbons (Fsp3) is 0.400. The molecule has 0 spiro atoms. The van der Waals surface area contributed by atoms with E-state index in [9.17, 15) is 8.42 Å². The normalized spacial score (nSPS) is 11.9. The van der Waals surface area contributed by atoms with Crippen LogP contribution in [0.5, 0.6) is 0 Å². The van der Waals surface area contributed by atoms with Crippen molar-refractivity contribution in [3.63, 3.8) is 0 Å².